The van der Waals surface area contributed by atoms with Crippen LogP contribution in [0.15, 0.2) is 12.1 Å². The van der Waals surface area contributed by atoms with Crippen molar-refractivity contribution in [3.8, 4) is 17.6 Å². The zero-order valence-electron chi connectivity index (χ0n) is 11.1. The Morgan fingerprint density at radius 1 is 1.29 bits per heavy atom. The number of aryl methyl sites for hydroxylation is 1. The summed E-state index contributed by atoms with van der Waals surface area (Å²) < 4.78 is 11.0. The third-order valence-corrected chi connectivity index (χ3v) is 2.27. The van der Waals surface area contributed by atoms with Gasteiger partial charge in [-0.1, -0.05) is 6.92 Å². The van der Waals surface area contributed by atoms with Crippen LogP contribution in [0.5, 0.6) is 11.5 Å². The quantitative estimate of drug-likeness (QED) is 0.804. The summed E-state index contributed by atoms with van der Waals surface area (Å²) in [7, 11) is 1.58. The molecule has 0 aliphatic rings. The highest BCUT2D eigenvalue weighted by molar-refractivity contribution is 5.53. The van der Waals surface area contributed by atoms with Crippen molar-refractivity contribution >= 4 is 0 Å². The number of nitriles is 1. The molecule has 1 aromatic rings. The zero-order chi connectivity index (χ0) is 13.1. The van der Waals surface area contributed by atoms with E-state index in [0.29, 0.717) is 17.1 Å². The van der Waals surface area contributed by atoms with Gasteiger partial charge in [0.15, 0.2) is 0 Å². The molecule has 0 aromatic heterocycles. The van der Waals surface area contributed by atoms with Crippen LogP contribution in [-0.2, 0) is 6.42 Å². The molecule has 3 heteroatoms. The Morgan fingerprint density at radius 2 is 1.94 bits per heavy atom. The Kier molecular flexibility index (Phi) is 4.01. The normalized spacial score (nSPS) is 10.8. The van der Waals surface area contributed by atoms with Crippen molar-refractivity contribution in [2.24, 2.45) is 0 Å². The van der Waals surface area contributed by atoms with E-state index in [1.54, 1.807) is 13.2 Å². The number of methoxy groups -OCH3 is 1. The van der Waals surface area contributed by atoms with Crippen LogP contribution in [0.1, 0.15) is 38.8 Å². The molecule has 0 saturated heterocycles. The summed E-state index contributed by atoms with van der Waals surface area (Å²) in [5.41, 5.74) is 1.24. The summed E-state index contributed by atoms with van der Waals surface area (Å²) in [5.74, 6) is 1.36. The van der Waals surface area contributed by atoms with E-state index in [1.165, 1.54) is 0 Å². The average molecular weight is 233 g/mol. The maximum Gasteiger partial charge on any atom is 0.140 e. The van der Waals surface area contributed by atoms with Gasteiger partial charge in [0.1, 0.15) is 23.2 Å². The number of rotatable bonds is 3. The summed E-state index contributed by atoms with van der Waals surface area (Å²) in [4.78, 5) is 0. The molecule has 17 heavy (non-hydrogen) atoms. The fourth-order valence-corrected chi connectivity index (χ4v) is 1.66. The second kappa shape index (κ2) is 5.09. The molecule has 0 saturated carbocycles. The van der Waals surface area contributed by atoms with Crippen LogP contribution in [-0.4, -0.2) is 12.7 Å². The summed E-state index contributed by atoms with van der Waals surface area (Å²) in [6.45, 7) is 7.97. The van der Waals surface area contributed by atoms with Crippen LogP contribution in [0.3, 0.4) is 0 Å². The molecular formula is C14H19NO2. The van der Waals surface area contributed by atoms with E-state index >= 15 is 0 Å². The van der Waals surface area contributed by atoms with Crippen molar-refractivity contribution in [2.45, 2.75) is 39.7 Å². The van der Waals surface area contributed by atoms with Crippen molar-refractivity contribution in [1.29, 1.82) is 5.26 Å². The van der Waals surface area contributed by atoms with Crippen molar-refractivity contribution in [3.05, 3.63) is 23.3 Å². The van der Waals surface area contributed by atoms with Crippen LogP contribution >= 0.6 is 0 Å². The summed E-state index contributed by atoms with van der Waals surface area (Å²) in [6.07, 6.45) is 0.805. The van der Waals surface area contributed by atoms with E-state index in [2.05, 4.69) is 6.07 Å². The monoisotopic (exact) mass is 233 g/mol. The largest absolute Gasteiger partial charge is 0.495 e. The third kappa shape index (κ3) is 3.39. The summed E-state index contributed by atoms with van der Waals surface area (Å²) in [6, 6.07) is 5.80. The molecule has 0 N–H and O–H groups in total. The van der Waals surface area contributed by atoms with Crippen LogP contribution in [0, 0.1) is 11.3 Å². The van der Waals surface area contributed by atoms with Crippen molar-refractivity contribution in [1.82, 2.24) is 0 Å². The highest BCUT2D eigenvalue weighted by Crippen LogP contribution is 2.30. The number of hydrogen-bond acceptors (Lipinski definition) is 3. The Hall–Kier alpha value is -1.69. The lowest BCUT2D eigenvalue weighted by molar-refractivity contribution is 0.130. The SMILES string of the molecule is CCc1cc(OC(C)(C)C)cc(C#N)c1OC. The minimum Gasteiger partial charge on any atom is -0.495 e. The molecule has 92 valence electrons. The van der Waals surface area contributed by atoms with Gasteiger partial charge < -0.3 is 9.47 Å². The number of nitrogens with zero attached hydrogens (tertiary/aromatic N) is 1. The molecule has 0 amide bonds. The van der Waals surface area contributed by atoms with Gasteiger partial charge in [-0.25, -0.2) is 0 Å². The highest BCUT2D eigenvalue weighted by atomic mass is 16.5. The molecule has 0 unspecified atom stereocenters. The van der Waals surface area contributed by atoms with Gasteiger partial charge in [0.05, 0.1) is 12.7 Å². The molecule has 0 heterocycles. The van der Waals surface area contributed by atoms with E-state index in [1.807, 2.05) is 33.8 Å². The summed E-state index contributed by atoms with van der Waals surface area (Å²) >= 11 is 0. The van der Waals surface area contributed by atoms with Gasteiger partial charge in [0, 0.05) is 6.07 Å². The third-order valence-electron chi connectivity index (χ3n) is 2.27. The molecule has 0 aliphatic carbocycles. The van der Waals surface area contributed by atoms with Crippen molar-refractivity contribution in [3.63, 3.8) is 0 Å². The molecule has 0 atom stereocenters. The van der Waals surface area contributed by atoms with E-state index in [9.17, 15) is 0 Å². The van der Waals surface area contributed by atoms with E-state index < -0.39 is 0 Å². The van der Waals surface area contributed by atoms with Gasteiger partial charge in [0.25, 0.3) is 0 Å². The zero-order valence-corrected chi connectivity index (χ0v) is 11.1. The van der Waals surface area contributed by atoms with Crippen molar-refractivity contribution < 1.29 is 9.47 Å². The fourth-order valence-electron chi connectivity index (χ4n) is 1.66. The van der Waals surface area contributed by atoms with Crippen LogP contribution < -0.4 is 9.47 Å². The second-order valence-corrected chi connectivity index (χ2v) is 4.84. The lowest BCUT2D eigenvalue weighted by Crippen LogP contribution is -2.23. The van der Waals surface area contributed by atoms with Gasteiger partial charge >= 0.3 is 0 Å². The Labute approximate surface area is 103 Å². The molecule has 1 aromatic carbocycles. The number of hydrogen-bond donors (Lipinski definition) is 0. The summed E-state index contributed by atoms with van der Waals surface area (Å²) in [5, 5.41) is 9.11. The van der Waals surface area contributed by atoms with Gasteiger partial charge in [-0.3, -0.25) is 0 Å². The topological polar surface area (TPSA) is 42.2 Å². The van der Waals surface area contributed by atoms with Gasteiger partial charge in [-0.05, 0) is 38.8 Å². The molecular weight excluding hydrogens is 214 g/mol. The number of benzene rings is 1. The lowest BCUT2D eigenvalue weighted by Gasteiger charge is -2.22. The number of ether oxygens (including phenoxy) is 2. The molecule has 1 rings (SSSR count). The Morgan fingerprint density at radius 3 is 2.35 bits per heavy atom. The maximum absolute atomic E-state index is 9.11. The van der Waals surface area contributed by atoms with Crippen LogP contribution in [0.2, 0.25) is 0 Å². The molecule has 3 nitrogen and oxygen atoms in total. The average Bonchev–Trinajstić information content (AvgIpc) is 2.25. The fraction of sp³-hybridized carbons (Fsp3) is 0.500. The second-order valence-electron chi connectivity index (χ2n) is 4.84. The smallest absolute Gasteiger partial charge is 0.140 e. The van der Waals surface area contributed by atoms with Crippen LogP contribution in [0.25, 0.3) is 0 Å². The molecule has 0 spiro atoms. The first-order valence-corrected chi connectivity index (χ1v) is 5.71. The molecule has 0 bridgehead atoms. The molecule has 0 fully saturated rings. The van der Waals surface area contributed by atoms with Gasteiger partial charge in [0.2, 0.25) is 0 Å². The minimum atomic E-state index is -0.272. The first-order valence-electron chi connectivity index (χ1n) is 5.71. The maximum atomic E-state index is 9.11. The Bertz CT molecular complexity index is 439. The van der Waals surface area contributed by atoms with E-state index in [-0.39, 0.29) is 5.60 Å². The predicted octanol–water partition coefficient (Wildman–Crippen LogP) is 3.31. The minimum absolute atomic E-state index is 0.272. The predicted molar refractivity (Wildman–Crippen MR) is 67.5 cm³/mol. The van der Waals surface area contributed by atoms with E-state index in [4.69, 9.17) is 14.7 Å². The lowest BCUT2D eigenvalue weighted by atomic mass is 10.1. The van der Waals surface area contributed by atoms with Gasteiger partial charge in [-0.15, -0.1) is 0 Å². The van der Waals surface area contributed by atoms with Gasteiger partial charge in [-0.2, -0.15) is 5.26 Å². The standard InChI is InChI=1S/C14H19NO2/c1-6-10-7-12(17-14(2,3)4)8-11(9-15)13(10)16-5/h7-8H,6H2,1-5H3. The first-order chi connectivity index (χ1) is 7.91. The molecule has 0 aliphatic heterocycles. The Balaban J connectivity index is 3.24. The van der Waals surface area contributed by atoms with Crippen LogP contribution in [0.4, 0.5) is 0 Å². The van der Waals surface area contributed by atoms with Crippen molar-refractivity contribution in [2.75, 3.05) is 7.11 Å². The van der Waals surface area contributed by atoms with E-state index in [0.717, 1.165) is 12.0 Å². The molecule has 0 radical (unpaired) electrons. The first kappa shape index (κ1) is 13.4. The highest BCUT2D eigenvalue weighted by Gasteiger charge is 2.16.